The second kappa shape index (κ2) is 10.1. The summed E-state index contributed by atoms with van der Waals surface area (Å²) in [5.74, 6) is 0.0533. The van der Waals surface area contributed by atoms with Crippen LogP contribution in [0.15, 0.2) is 12.3 Å². The van der Waals surface area contributed by atoms with Crippen molar-refractivity contribution in [3.05, 3.63) is 40.2 Å². The largest absolute Gasteiger partial charge is 0.459 e. The summed E-state index contributed by atoms with van der Waals surface area (Å²) in [6.45, 7) is 10.5. The summed E-state index contributed by atoms with van der Waals surface area (Å²) in [5, 5.41) is 8.17. The van der Waals surface area contributed by atoms with Crippen molar-refractivity contribution in [3.63, 3.8) is 0 Å². The van der Waals surface area contributed by atoms with Crippen LogP contribution >= 0.6 is 0 Å². The molecule has 168 valence electrons. The molecule has 0 radical (unpaired) electrons. The van der Waals surface area contributed by atoms with Crippen molar-refractivity contribution in [2.45, 2.75) is 79.9 Å². The van der Waals surface area contributed by atoms with E-state index in [9.17, 15) is 9.59 Å². The molecule has 1 aliphatic carbocycles. The Kier molecular flexibility index (Phi) is 7.46. The molecule has 3 rings (SSSR count). The van der Waals surface area contributed by atoms with Crippen LogP contribution in [-0.2, 0) is 40.3 Å². The van der Waals surface area contributed by atoms with Crippen molar-refractivity contribution in [2.75, 3.05) is 0 Å². The normalized spacial score (nSPS) is 16.5. The van der Waals surface area contributed by atoms with Crippen LogP contribution in [-0.4, -0.2) is 26.9 Å². The molecule has 2 aromatic rings. The molecule has 0 saturated heterocycles. The number of hydrogen-bond acceptors (Lipinski definition) is 6. The number of carbonyl (C=O) groups excluding carboxylic acids is 2. The van der Waals surface area contributed by atoms with E-state index in [1.165, 1.54) is 18.1 Å². The van der Waals surface area contributed by atoms with Crippen molar-refractivity contribution in [1.29, 1.82) is 0 Å². The Hall–Kier alpha value is -2.70. The average molecular weight is 428 g/mol. The molecule has 0 unspecified atom stereocenters. The van der Waals surface area contributed by atoms with E-state index in [2.05, 4.69) is 24.2 Å². The van der Waals surface area contributed by atoms with Gasteiger partial charge in [-0.25, -0.2) is 0 Å². The first-order valence-corrected chi connectivity index (χ1v) is 11.2. The van der Waals surface area contributed by atoms with E-state index in [0.717, 1.165) is 49.8 Å². The summed E-state index contributed by atoms with van der Waals surface area (Å²) in [7, 11) is 0. The highest BCUT2D eigenvalue weighted by molar-refractivity contribution is 5.73. The van der Waals surface area contributed by atoms with Crippen molar-refractivity contribution < 1.29 is 19.1 Å². The molecule has 0 N–H and O–H groups in total. The second-order valence-electron chi connectivity index (χ2n) is 8.59. The molecule has 1 aromatic heterocycles. The van der Waals surface area contributed by atoms with Crippen molar-refractivity contribution >= 4 is 11.9 Å². The molecule has 0 bridgehead atoms. The standard InChI is InChI=1S/C24H33N3O4/c1-6-7-10-27-13-20(25-26-27)14-30-24(29)16(3)19-8-9-21-15(2)11-23(31-18(5)28)17(4)22(21)12-19/h11,13,16,19H,6-10,12,14H2,1-5H3/t16-,19-/m1/s1. The Balaban J connectivity index is 1.63. The van der Waals surface area contributed by atoms with Crippen LogP contribution in [0.25, 0.3) is 0 Å². The number of aromatic nitrogens is 3. The number of unbranched alkanes of at least 4 members (excludes halogenated alkanes) is 1. The topological polar surface area (TPSA) is 83.3 Å². The van der Waals surface area contributed by atoms with Crippen LogP contribution in [0.4, 0.5) is 0 Å². The first kappa shape index (κ1) is 23.0. The number of carbonyl (C=O) groups is 2. The van der Waals surface area contributed by atoms with E-state index >= 15 is 0 Å². The number of benzene rings is 1. The monoisotopic (exact) mass is 427 g/mol. The maximum atomic E-state index is 12.7. The van der Waals surface area contributed by atoms with Gasteiger partial charge in [0.1, 0.15) is 18.1 Å². The number of esters is 2. The highest BCUT2D eigenvalue weighted by Gasteiger charge is 2.31. The lowest BCUT2D eigenvalue weighted by Gasteiger charge is -2.31. The van der Waals surface area contributed by atoms with Crippen LogP contribution in [0.2, 0.25) is 0 Å². The highest BCUT2D eigenvalue weighted by atomic mass is 16.5. The van der Waals surface area contributed by atoms with Crippen molar-refractivity contribution in [1.82, 2.24) is 15.0 Å². The molecular weight excluding hydrogens is 394 g/mol. The summed E-state index contributed by atoms with van der Waals surface area (Å²) in [5.41, 5.74) is 5.31. The van der Waals surface area contributed by atoms with E-state index in [4.69, 9.17) is 9.47 Å². The van der Waals surface area contributed by atoms with Gasteiger partial charge in [0.15, 0.2) is 0 Å². The SMILES string of the molecule is CCCCn1cc(COC(=O)[C@H](C)[C@@H]2CCc3c(C)cc(OC(C)=O)c(C)c3C2)nn1. The third kappa shape index (κ3) is 5.51. The van der Waals surface area contributed by atoms with Crippen molar-refractivity contribution in [3.8, 4) is 5.75 Å². The fraction of sp³-hybridized carbons (Fsp3) is 0.583. The van der Waals surface area contributed by atoms with Crippen LogP contribution in [0.5, 0.6) is 5.75 Å². The molecule has 2 atom stereocenters. The summed E-state index contributed by atoms with van der Waals surface area (Å²) in [4.78, 5) is 24.2. The maximum absolute atomic E-state index is 12.7. The summed E-state index contributed by atoms with van der Waals surface area (Å²) < 4.78 is 12.8. The zero-order valence-electron chi connectivity index (χ0n) is 19.2. The lowest BCUT2D eigenvalue weighted by Crippen LogP contribution is -2.29. The molecule has 1 heterocycles. The lowest BCUT2D eigenvalue weighted by atomic mass is 9.75. The number of aryl methyl sites for hydroxylation is 2. The average Bonchev–Trinajstić information content (AvgIpc) is 3.20. The zero-order valence-corrected chi connectivity index (χ0v) is 19.2. The highest BCUT2D eigenvalue weighted by Crippen LogP contribution is 2.38. The molecule has 0 amide bonds. The number of hydrogen-bond donors (Lipinski definition) is 0. The minimum Gasteiger partial charge on any atom is -0.459 e. The molecule has 0 fully saturated rings. The minimum absolute atomic E-state index is 0.146. The second-order valence-corrected chi connectivity index (χ2v) is 8.59. The van der Waals surface area contributed by atoms with E-state index in [1.807, 2.05) is 26.1 Å². The Morgan fingerprint density at radius 2 is 2.06 bits per heavy atom. The van der Waals surface area contributed by atoms with Gasteiger partial charge in [0.2, 0.25) is 0 Å². The van der Waals surface area contributed by atoms with Gasteiger partial charge in [-0.05, 0) is 73.8 Å². The fourth-order valence-corrected chi connectivity index (χ4v) is 4.31. The predicted octanol–water partition coefficient (Wildman–Crippen LogP) is 4.10. The first-order valence-electron chi connectivity index (χ1n) is 11.2. The van der Waals surface area contributed by atoms with Crippen LogP contribution < -0.4 is 4.74 Å². The number of rotatable bonds is 8. The summed E-state index contributed by atoms with van der Waals surface area (Å²) in [6, 6.07) is 1.95. The van der Waals surface area contributed by atoms with E-state index in [-0.39, 0.29) is 30.4 Å². The maximum Gasteiger partial charge on any atom is 0.309 e. The van der Waals surface area contributed by atoms with Gasteiger partial charge in [-0.2, -0.15) is 0 Å². The van der Waals surface area contributed by atoms with Crippen LogP contribution in [0.3, 0.4) is 0 Å². The molecule has 0 aliphatic heterocycles. The van der Waals surface area contributed by atoms with Gasteiger partial charge in [0.05, 0.1) is 12.1 Å². The Bertz CT molecular complexity index is 951. The van der Waals surface area contributed by atoms with E-state index < -0.39 is 0 Å². The number of ether oxygens (including phenoxy) is 2. The van der Waals surface area contributed by atoms with E-state index in [0.29, 0.717) is 11.4 Å². The number of nitrogens with zero attached hydrogens (tertiary/aromatic N) is 3. The smallest absolute Gasteiger partial charge is 0.309 e. The zero-order chi connectivity index (χ0) is 22.5. The van der Waals surface area contributed by atoms with Gasteiger partial charge in [0.25, 0.3) is 0 Å². The summed E-state index contributed by atoms with van der Waals surface area (Å²) in [6.07, 6.45) is 6.60. The van der Waals surface area contributed by atoms with Crippen LogP contribution in [0.1, 0.15) is 68.0 Å². The van der Waals surface area contributed by atoms with Gasteiger partial charge in [0, 0.05) is 13.5 Å². The first-order chi connectivity index (χ1) is 14.8. The lowest BCUT2D eigenvalue weighted by molar-refractivity contribution is -0.151. The van der Waals surface area contributed by atoms with Crippen LogP contribution in [0, 0.1) is 25.7 Å². The molecule has 0 spiro atoms. The Morgan fingerprint density at radius 1 is 1.29 bits per heavy atom. The van der Waals surface area contributed by atoms with Gasteiger partial charge >= 0.3 is 11.9 Å². The quantitative estimate of drug-likeness (QED) is 0.466. The molecule has 1 aromatic carbocycles. The third-order valence-electron chi connectivity index (χ3n) is 6.26. The van der Waals surface area contributed by atoms with Gasteiger partial charge in [-0.15, -0.1) is 5.10 Å². The van der Waals surface area contributed by atoms with Gasteiger partial charge < -0.3 is 9.47 Å². The number of fused-ring (bicyclic) bond motifs is 1. The molecular formula is C24H33N3O4. The van der Waals surface area contributed by atoms with E-state index in [1.54, 1.807) is 4.68 Å². The minimum atomic E-state index is -0.321. The van der Waals surface area contributed by atoms with Crippen molar-refractivity contribution in [2.24, 2.45) is 11.8 Å². The summed E-state index contributed by atoms with van der Waals surface area (Å²) >= 11 is 0. The fourth-order valence-electron chi connectivity index (χ4n) is 4.31. The molecule has 31 heavy (non-hydrogen) atoms. The molecule has 7 nitrogen and oxygen atoms in total. The van der Waals surface area contributed by atoms with Gasteiger partial charge in [-0.1, -0.05) is 25.5 Å². The Morgan fingerprint density at radius 3 is 2.77 bits per heavy atom. The molecule has 1 aliphatic rings. The Labute approximate surface area is 184 Å². The molecule has 7 heteroatoms. The third-order valence-corrected chi connectivity index (χ3v) is 6.26. The predicted molar refractivity (Wildman–Crippen MR) is 117 cm³/mol. The molecule has 0 saturated carbocycles. The van der Waals surface area contributed by atoms with Gasteiger partial charge in [-0.3, -0.25) is 14.3 Å².